The first-order valence-electron chi connectivity index (χ1n) is 4.49. The van der Waals surface area contributed by atoms with Crippen LogP contribution in [-0.4, -0.2) is 11.2 Å². The summed E-state index contributed by atoms with van der Waals surface area (Å²) in [7, 11) is 0. The summed E-state index contributed by atoms with van der Waals surface area (Å²) in [5, 5.41) is 3.27. The second-order valence-corrected chi connectivity index (χ2v) is 4.23. The molecule has 0 unspecified atom stereocenters. The lowest BCUT2D eigenvalue weighted by atomic mass is 9.94. The highest BCUT2D eigenvalue weighted by atomic mass is 79.9. The molecule has 0 aliphatic heterocycles. The van der Waals surface area contributed by atoms with Crippen LogP contribution >= 0.6 is 15.9 Å². The predicted octanol–water partition coefficient (Wildman–Crippen LogP) is 2.43. The molecule has 0 saturated heterocycles. The number of nitrogens with one attached hydrogen (secondary N) is 1. The molecule has 1 aromatic carbocycles. The standard InChI is InChI=1S/C11H14BrNO/c1-11(2,13-10(14)8-12)9-6-4-3-5-7-9/h3-7H,8H2,1-2H3,(H,13,14). The smallest absolute Gasteiger partial charge is 0.231 e. The second kappa shape index (κ2) is 4.60. The monoisotopic (exact) mass is 255 g/mol. The second-order valence-electron chi connectivity index (χ2n) is 3.67. The van der Waals surface area contributed by atoms with Gasteiger partial charge in [0, 0.05) is 0 Å². The van der Waals surface area contributed by atoms with Gasteiger partial charge in [-0.3, -0.25) is 4.79 Å². The van der Waals surface area contributed by atoms with E-state index >= 15 is 0 Å². The maximum atomic E-state index is 11.2. The number of benzene rings is 1. The molecule has 1 rings (SSSR count). The molecule has 0 atom stereocenters. The predicted molar refractivity (Wildman–Crippen MR) is 61.4 cm³/mol. The first-order valence-corrected chi connectivity index (χ1v) is 5.61. The van der Waals surface area contributed by atoms with Crippen LogP contribution in [0.3, 0.4) is 0 Å². The topological polar surface area (TPSA) is 29.1 Å². The minimum absolute atomic E-state index is 0.00106. The molecule has 0 bridgehead atoms. The Hall–Kier alpha value is -0.830. The molecule has 0 radical (unpaired) electrons. The van der Waals surface area contributed by atoms with Crippen molar-refractivity contribution in [2.75, 3.05) is 5.33 Å². The maximum Gasteiger partial charge on any atom is 0.231 e. The van der Waals surface area contributed by atoms with Gasteiger partial charge in [-0.2, -0.15) is 0 Å². The Kier molecular flexibility index (Phi) is 3.69. The zero-order valence-corrected chi connectivity index (χ0v) is 9.97. The summed E-state index contributed by atoms with van der Waals surface area (Å²) in [4.78, 5) is 11.2. The lowest BCUT2D eigenvalue weighted by Gasteiger charge is -2.26. The highest BCUT2D eigenvalue weighted by Crippen LogP contribution is 2.19. The highest BCUT2D eigenvalue weighted by molar-refractivity contribution is 9.09. The summed E-state index contributed by atoms with van der Waals surface area (Å²) in [6.45, 7) is 3.98. The fourth-order valence-corrected chi connectivity index (χ4v) is 1.45. The maximum absolute atomic E-state index is 11.2. The van der Waals surface area contributed by atoms with E-state index < -0.39 is 0 Å². The largest absolute Gasteiger partial charge is 0.346 e. The van der Waals surface area contributed by atoms with Crippen molar-refractivity contribution in [3.8, 4) is 0 Å². The lowest BCUT2D eigenvalue weighted by Crippen LogP contribution is -2.41. The van der Waals surface area contributed by atoms with E-state index in [9.17, 15) is 4.79 Å². The van der Waals surface area contributed by atoms with Crippen LogP contribution in [0.25, 0.3) is 0 Å². The number of rotatable bonds is 3. The van der Waals surface area contributed by atoms with Gasteiger partial charge in [0.1, 0.15) is 0 Å². The van der Waals surface area contributed by atoms with Gasteiger partial charge in [-0.1, -0.05) is 46.3 Å². The number of carbonyl (C=O) groups is 1. The zero-order chi connectivity index (χ0) is 10.6. The number of amides is 1. The summed E-state index contributed by atoms with van der Waals surface area (Å²) in [6.07, 6.45) is 0. The van der Waals surface area contributed by atoms with Crippen molar-refractivity contribution < 1.29 is 4.79 Å². The minimum atomic E-state index is -0.313. The number of hydrogen-bond acceptors (Lipinski definition) is 1. The van der Waals surface area contributed by atoms with Crippen LogP contribution in [0.1, 0.15) is 19.4 Å². The molecule has 1 amide bonds. The Balaban J connectivity index is 2.80. The number of alkyl halides is 1. The molecule has 0 aromatic heterocycles. The van der Waals surface area contributed by atoms with Crippen LogP contribution in [0.15, 0.2) is 30.3 Å². The van der Waals surface area contributed by atoms with Gasteiger partial charge in [-0.15, -0.1) is 0 Å². The van der Waals surface area contributed by atoms with E-state index in [4.69, 9.17) is 0 Å². The molecule has 0 aliphatic rings. The number of carbonyl (C=O) groups excluding carboxylic acids is 1. The number of halogens is 1. The Bertz CT molecular complexity index is 308. The normalized spacial score (nSPS) is 11.1. The van der Waals surface area contributed by atoms with Gasteiger partial charge >= 0.3 is 0 Å². The lowest BCUT2D eigenvalue weighted by molar-refractivity contribution is -0.120. The average molecular weight is 256 g/mol. The van der Waals surface area contributed by atoms with Gasteiger partial charge < -0.3 is 5.32 Å². The summed E-state index contributed by atoms with van der Waals surface area (Å²) in [6, 6.07) is 9.92. The third kappa shape index (κ3) is 2.84. The average Bonchev–Trinajstić information content (AvgIpc) is 2.18. The van der Waals surface area contributed by atoms with Gasteiger partial charge in [-0.05, 0) is 19.4 Å². The molecule has 2 nitrogen and oxygen atoms in total. The molecule has 14 heavy (non-hydrogen) atoms. The van der Waals surface area contributed by atoms with Crippen molar-refractivity contribution in [1.29, 1.82) is 0 Å². The molecule has 0 spiro atoms. The minimum Gasteiger partial charge on any atom is -0.346 e. The Labute approximate surface area is 92.8 Å². The highest BCUT2D eigenvalue weighted by Gasteiger charge is 2.21. The van der Waals surface area contributed by atoms with E-state index in [0.717, 1.165) is 5.56 Å². The number of hydrogen-bond donors (Lipinski definition) is 1. The Morgan fingerprint density at radius 1 is 1.36 bits per heavy atom. The molecule has 1 aromatic rings. The van der Waals surface area contributed by atoms with Crippen LogP contribution in [0.5, 0.6) is 0 Å². The van der Waals surface area contributed by atoms with Gasteiger partial charge in [0.25, 0.3) is 0 Å². The molecular formula is C11H14BrNO. The quantitative estimate of drug-likeness (QED) is 0.827. The first kappa shape index (κ1) is 11.2. The van der Waals surface area contributed by atoms with E-state index in [-0.39, 0.29) is 11.4 Å². The molecule has 0 heterocycles. The molecule has 0 fully saturated rings. The third-order valence-electron chi connectivity index (χ3n) is 2.07. The van der Waals surface area contributed by atoms with Gasteiger partial charge in [0.05, 0.1) is 10.9 Å². The van der Waals surface area contributed by atoms with Crippen molar-refractivity contribution >= 4 is 21.8 Å². The van der Waals surface area contributed by atoms with Crippen LogP contribution in [0, 0.1) is 0 Å². The van der Waals surface area contributed by atoms with E-state index in [1.54, 1.807) is 0 Å². The van der Waals surface area contributed by atoms with Crippen LogP contribution in [0.2, 0.25) is 0 Å². The van der Waals surface area contributed by atoms with E-state index in [0.29, 0.717) is 5.33 Å². The fourth-order valence-electron chi connectivity index (χ4n) is 1.31. The molecule has 3 heteroatoms. The Morgan fingerprint density at radius 2 is 1.93 bits per heavy atom. The van der Waals surface area contributed by atoms with E-state index in [1.807, 2.05) is 44.2 Å². The molecule has 0 saturated carbocycles. The Morgan fingerprint density at radius 3 is 2.43 bits per heavy atom. The van der Waals surface area contributed by atoms with Gasteiger partial charge in [0.2, 0.25) is 5.91 Å². The van der Waals surface area contributed by atoms with Gasteiger partial charge in [0.15, 0.2) is 0 Å². The van der Waals surface area contributed by atoms with Crippen molar-refractivity contribution in [3.63, 3.8) is 0 Å². The van der Waals surface area contributed by atoms with E-state index in [2.05, 4.69) is 21.2 Å². The molecule has 0 aliphatic carbocycles. The third-order valence-corrected chi connectivity index (χ3v) is 2.58. The zero-order valence-electron chi connectivity index (χ0n) is 8.38. The first-order chi connectivity index (χ1) is 6.56. The summed E-state index contributed by atoms with van der Waals surface area (Å²) in [5.74, 6) is -0.00106. The SMILES string of the molecule is CC(C)(NC(=O)CBr)c1ccccc1. The van der Waals surface area contributed by atoms with Crippen molar-refractivity contribution in [2.45, 2.75) is 19.4 Å². The van der Waals surface area contributed by atoms with Crippen LogP contribution in [-0.2, 0) is 10.3 Å². The van der Waals surface area contributed by atoms with Crippen molar-refractivity contribution in [1.82, 2.24) is 5.32 Å². The van der Waals surface area contributed by atoms with Crippen molar-refractivity contribution in [2.24, 2.45) is 0 Å². The fraction of sp³-hybridized carbons (Fsp3) is 0.364. The summed E-state index contributed by atoms with van der Waals surface area (Å²) in [5.41, 5.74) is 0.792. The molecular weight excluding hydrogens is 242 g/mol. The molecule has 76 valence electrons. The molecule has 1 N–H and O–H groups in total. The summed E-state index contributed by atoms with van der Waals surface area (Å²) >= 11 is 3.13. The van der Waals surface area contributed by atoms with Crippen molar-refractivity contribution in [3.05, 3.63) is 35.9 Å². The van der Waals surface area contributed by atoms with E-state index in [1.165, 1.54) is 0 Å². The van der Waals surface area contributed by atoms with Gasteiger partial charge in [-0.25, -0.2) is 0 Å². The van der Waals surface area contributed by atoms with Crippen LogP contribution in [0.4, 0.5) is 0 Å². The summed E-state index contributed by atoms with van der Waals surface area (Å²) < 4.78 is 0. The van der Waals surface area contributed by atoms with Crippen LogP contribution < -0.4 is 5.32 Å².